The van der Waals surface area contributed by atoms with Crippen molar-refractivity contribution in [3.63, 3.8) is 0 Å². The third-order valence-electron chi connectivity index (χ3n) is 4.97. The van der Waals surface area contributed by atoms with Gasteiger partial charge in [-0.1, -0.05) is 6.07 Å². The maximum Gasteiger partial charge on any atom is 0.340 e. The summed E-state index contributed by atoms with van der Waals surface area (Å²) in [6.07, 6.45) is 1.62. The molecule has 4 aromatic rings. The van der Waals surface area contributed by atoms with Crippen molar-refractivity contribution in [1.82, 2.24) is 14.0 Å². The average molecular weight is 391 g/mol. The molecular weight excluding hydrogens is 370 g/mol. The molecule has 0 spiro atoms. The standard InChI is InChI=1S/C22H21N3O4/c1-14-6-4-8-20-23-17(11-21(26)25(14)20)13-29-22(27)19-10-15(2)24(16(19)3)12-18-7-5-9-28-18/h4-11H,12-13H2,1-3H3. The van der Waals surface area contributed by atoms with E-state index in [0.29, 0.717) is 23.4 Å². The second-order valence-electron chi connectivity index (χ2n) is 6.97. The van der Waals surface area contributed by atoms with Crippen molar-refractivity contribution in [2.45, 2.75) is 33.9 Å². The van der Waals surface area contributed by atoms with Crippen molar-refractivity contribution in [2.24, 2.45) is 0 Å². The number of nitrogens with zero attached hydrogens (tertiary/aromatic N) is 3. The van der Waals surface area contributed by atoms with Gasteiger partial charge in [-0.3, -0.25) is 9.20 Å². The Kier molecular flexibility index (Phi) is 4.80. The van der Waals surface area contributed by atoms with E-state index in [9.17, 15) is 9.59 Å². The Hall–Kier alpha value is -3.61. The first-order chi connectivity index (χ1) is 13.9. The summed E-state index contributed by atoms with van der Waals surface area (Å²) in [7, 11) is 0. The highest BCUT2D eigenvalue weighted by molar-refractivity contribution is 5.91. The Morgan fingerprint density at radius 1 is 1.10 bits per heavy atom. The van der Waals surface area contributed by atoms with Crippen LogP contribution in [0.4, 0.5) is 0 Å². The maximum absolute atomic E-state index is 12.6. The number of carbonyl (C=O) groups excluding carboxylic acids is 1. The van der Waals surface area contributed by atoms with E-state index in [-0.39, 0.29) is 12.2 Å². The largest absolute Gasteiger partial charge is 0.467 e. The molecule has 4 heterocycles. The molecule has 0 aliphatic carbocycles. The zero-order valence-electron chi connectivity index (χ0n) is 16.5. The summed E-state index contributed by atoms with van der Waals surface area (Å²) in [5, 5.41) is 0. The Balaban J connectivity index is 1.53. The first kappa shape index (κ1) is 18.7. The van der Waals surface area contributed by atoms with Gasteiger partial charge in [0.1, 0.15) is 18.0 Å². The van der Waals surface area contributed by atoms with Gasteiger partial charge >= 0.3 is 5.97 Å². The molecule has 0 aliphatic heterocycles. The number of hydrogen-bond acceptors (Lipinski definition) is 5. The van der Waals surface area contributed by atoms with E-state index in [1.54, 1.807) is 18.4 Å². The van der Waals surface area contributed by atoms with Crippen molar-refractivity contribution < 1.29 is 13.9 Å². The van der Waals surface area contributed by atoms with E-state index in [1.165, 1.54) is 10.5 Å². The summed E-state index contributed by atoms with van der Waals surface area (Å²) < 4.78 is 14.4. The molecule has 0 atom stereocenters. The number of aromatic nitrogens is 3. The average Bonchev–Trinajstić information content (AvgIpc) is 3.30. The molecule has 0 radical (unpaired) electrons. The van der Waals surface area contributed by atoms with Gasteiger partial charge in [0, 0.05) is 23.1 Å². The maximum atomic E-state index is 12.6. The highest BCUT2D eigenvalue weighted by atomic mass is 16.5. The second-order valence-corrected chi connectivity index (χ2v) is 6.97. The molecule has 0 unspecified atom stereocenters. The van der Waals surface area contributed by atoms with Crippen LogP contribution in [-0.4, -0.2) is 19.9 Å². The molecule has 0 bridgehead atoms. The molecule has 0 saturated heterocycles. The molecule has 7 nitrogen and oxygen atoms in total. The molecule has 0 aliphatic rings. The summed E-state index contributed by atoms with van der Waals surface area (Å²) >= 11 is 0. The topological polar surface area (TPSA) is 78.7 Å². The van der Waals surface area contributed by atoms with Gasteiger partial charge in [0.25, 0.3) is 5.56 Å². The second kappa shape index (κ2) is 7.43. The van der Waals surface area contributed by atoms with Crippen LogP contribution in [-0.2, 0) is 17.9 Å². The normalized spacial score (nSPS) is 11.1. The van der Waals surface area contributed by atoms with Crippen LogP contribution in [0.2, 0.25) is 0 Å². The van der Waals surface area contributed by atoms with Crippen LogP contribution < -0.4 is 5.56 Å². The molecular formula is C22H21N3O4. The lowest BCUT2D eigenvalue weighted by atomic mass is 10.2. The lowest BCUT2D eigenvalue weighted by Crippen LogP contribution is -2.18. The van der Waals surface area contributed by atoms with E-state index in [0.717, 1.165) is 22.8 Å². The minimum Gasteiger partial charge on any atom is -0.467 e. The minimum absolute atomic E-state index is 0.0691. The molecule has 4 rings (SSSR count). The third kappa shape index (κ3) is 3.59. The molecule has 0 aromatic carbocycles. The van der Waals surface area contributed by atoms with Crippen LogP contribution in [0, 0.1) is 20.8 Å². The Morgan fingerprint density at radius 3 is 2.69 bits per heavy atom. The van der Waals surface area contributed by atoms with Gasteiger partial charge in [-0.2, -0.15) is 0 Å². The number of hydrogen-bond donors (Lipinski definition) is 0. The van der Waals surface area contributed by atoms with Crippen LogP contribution in [0.1, 0.15) is 38.9 Å². The molecule has 0 fully saturated rings. The predicted molar refractivity (Wildman–Crippen MR) is 107 cm³/mol. The highest BCUT2D eigenvalue weighted by Crippen LogP contribution is 2.19. The predicted octanol–water partition coefficient (Wildman–Crippen LogP) is 3.42. The summed E-state index contributed by atoms with van der Waals surface area (Å²) in [5.74, 6) is 0.359. The fraction of sp³-hybridized carbons (Fsp3) is 0.227. The number of esters is 1. The molecule has 7 heteroatoms. The number of ether oxygens (including phenoxy) is 1. The van der Waals surface area contributed by atoms with Gasteiger partial charge in [0.15, 0.2) is 0 Å². The van der Waals surface area contributed by atoms with Crippen molar-refractivity contribution in [3.8, 4) is 0 Å². The fourth-order valence-corrected chi connectivity index (χ4v) is 3.46. The quantitative estimate of drug-likeness (QED) is 0.487. The Labute approximate surface area is 167 Å². The number of aryl methyl sites for hydroxylation is 2. The summed E-state index contributed by atoms with van der Waals surface area (Å²) in [6.45, 7) is 6.12. The molecule has 0 N–H and O–H groups in total. The minimum atomic E-state index is -0.449. The van der Waals surface area contributed by atoms with E-state index in [4.69, 9.17) is 9.15 Å². The molecule has 0 amide bonds. The van der Waals surface area contributed by atoms with E-state index in [1.807, 2.05) is 49.6 Å². The lowest BCUT2D eigenvalue weighted by molar-refractivity contribution is 0.0466. The Bertz CT molecular complexity index is 1250. The van der Waals surface area contributed by atoms with Gasteiger partial charge in [-0.15, -0.1) is 0 Å². The zero-order chi connectivity index (χ0) is 20.5. The number of fused-ring (bicyclic) bond motifs is 1. The highest BCUT2D eigenvalue weighted by Gasteiger charge is 2.18. The number of pyridine rings is 1. The van der Waals surface area contributed by atoms with E-state index < -0.39 is 5.97 Å². The van der Waals surface area contributed by atoms with Crippen LogP contribution in [0.5, 0.6) is 0 Å². The summed E-state index contributed by atoms with van der Waals surface area (Å²) in [4.78, 5) is 29.4. The molecule has 0 saturated carbocycles. The smallest absolute Gasteiger partial charge is 0.340 e. The molecule has 4 aromatic heterocycles. The van der Waals surface area contributed by atoms with Gasteiger partial charge in [-0.05, 0) is 51.1 Å². The monoisotopic (exact) mass is 391 g/mol. The van der Waals surface area contributed by atoms with E-state index in [2.05, 4.69) is 4.98 Å². The fourth-order valence-electron chi connectivity index (χ4n) is 3.46. The van der Waals surface area contributed by atoms with Crippen LogP contribution >= 0.6 is 0 Å². The van der Waals surface area contributed by atoms with Crippen molar-refractivity contribution in [3.05, 3.63) is 93.2 Å². The third-order valence-corrected chi connectivity index (χ3v) is 4.97. The SMILES string of the molecule is Cc1cc(C(=O)OCc2cc(=O)n3c(C)cccc3n2)c(C)n1Cc1ccco1. The van der Waals surface area contributed by atoms with Crippen molar-refractivity contribution >= 4 is 11.6 Å². The summed E-state index contributed by atoms with van der Waals surface area (Å²) in [5.41, 5.74) is 3.76. The number of carbonyl (C=O) groups is 1. The Morgan fingerprint density at radius 2 is 1.93 bits per heavy atom. The van der Waals surface area contributed by atoms with Crippen LogP contribution in [0.25, 0.3) is 5.65 Å². The van der Waals surface area contributed by atoms with E-state index >= 15 is 0 Å². The first-order valence-corrected chi connectivity index (χ1v) is 9.28. The van der Waals surface area contributed by atoms with Gasteiger partial charge in [0.2, 0.25) is 0 Å². The number of rotatable bonds is 5. The lowest BCUT2D eigenvalue weighted by Gasteiger charge is -2.09. The van der Waals surface area contributed by atoms with Gasteiger partial charge in [-0.25, -0.2) is 9.78 Å². The molecule has 29 heavy (non-hydrogen) atoms. The van der Waals surface area contributed by atoms with Gasteiger partial charge < -0.3 is 13.7 Å². The van der Waals surface area contributed by atoms with Crippen molar-refractivity contribution in [2.75, 3.05) is 0 Å². The number of furan rings is 1. The van der Waals surface area contributed by atoms with Crippen molar-refractivity contribution in [1.29, 1.82) is 0 Å². The summed E-state index contributed by atoms with van der Waals surface area (Å²) in [6, 6.07) is 12.3. The molecule has 148 valence electrons. The first-order valence-electron chi connectivity index (χ1n) is 9.28. The van der Waals surface area contributed by atoms with Gasteiger partial charge in [0.05, 0.1) is 24.1 Å². The zero-order valence-corrected chi connectivity index (χ0v) is 16.5. The van der Waals surface area contributed by atoms with Crippen LogP contribution in [0.3, 0.4) is 0 Å². The van der Waals surface area contributed by atoms with Crippen LogP contribution in [0.15, 0.2) is 57.9 Å².